The summed E-state index contributed by atoms with van der Waals surface area (Å²) in [5.74, 6) is 0.590. The van der Waals surface area contributed by atoms with Gasteiger partial charge in [-0.15, -0.1) is 11.3 Å². The summed E-state index contributed by atoms with van der Waals surface area (Å²) in [6.07, 6.45) is 0. The van der Waals surface area contributed by atoms with Crippen molar-refractivity contribution < 1.29 is 13.9 Å². The molecule has 1 saturated heterocycles. The minimum Gasteiger partial charge on any atom is -0.448 e. The maximum Gasteiger partial charge on any atom is 0.291 e. The molecule has 1 aliphatic heterocycles. The molecule has 1 fully saturated rings. The Balaban J connectivity index is 1.24. The molecule has 7 heteroatoms. The van der Waals surface area contributed by atoms with Crippen molar-refractivity contribution in [3.8, 4) is 10.8 Å². The van der Waals surface area contributed by atoms with Crippen LogP contribution in [0.3, 0.4) is 0 Å². The molecule has 6 nitrogen and oxygen atoms in total. The summed E-state index contributed by atoms with van der Waals surface area (Å²) in [5, 5.41) is 3.66. The first kappa shape index (κ1) is 19.0. The van der Waals surface area contributed by atoms with Crippen molar-refractivity contribution in [2.45, 2.75) is 6.54 Å². The number of nitrogens with one attached hydrogen (secondary N) is 1. The molecule has 30 heavy (non-hydrogen) atoms. The van der Waals surface area contributed by atoms with E-state index in [9.17, 15) is 4.79 Å². The average molecular weight is 420 g/mol. The second-order valence-corrected chi connectivity index (χ2v) is 8.22. The zero-order valence-corrected chi connectivity index (χ0v) is 17.2. The SMILES string of the molecule is O=C(Nc1ccc(CN2CCOCC2)cc1)c1ccc(-c2nc3ccccc3s2)o1. The number of anilines is 1. The van der Waals surface area contributed by atoms with E-state index < -0.39 is 0 Å². The zero-order chi connectivity index (χ0) is 20.3. The minimum absolute atomic E-state index is 0.265. The Hall–Kier alpha value is -3.00. The molecule has 3 heterocycles. The second kappa shape index (κ2) is 8.39. The summed E-state index contributed by atoms with van der Waals surface area (Å²) in [6.45, 7) is 4.37. The highest BCUT2D eigenvalue weighted by Crippen LogP contribution is 2.31. The van der Waals surface area contributed by atoms with Crippen LogP contribution in [0.2, 0.25) is 0 Å². The van der Waals surface area contributed by atoms with Crippen LogP contribution in [0.1, 0.15) is 16.1 Å². The van der Waals surface area contributed by atoms with Crippen LogP contribution in [0.15, 0.2) is 65.1 Å². The summed E-state index contributed by atoms with van der Waals surface area (Å²) in [4.78, 5) is 19.5. The lowest BCUT2D eigenvalue weighted by molar-refractivity contribution is 0.0342. The number of benzene rings is 2. The molecule has 4 aromatic rings. The van der Waals surface area contributed by atoms with Gasteiger partial charge in [0, 0.05) is 25.3 Å². The molecule has 0 bridgehead atoms. The average Bonchev–Trinajstić information content (AvgIpc) is 3.43. The van der Waals surface area contributed by atoms with E-state index in [2.05, 4.69) is 15.2 Å². The van der Waals surface area contributed by atoms with Crippen LogP contribution in [0.5, 0.6) is 0 Å². The molecule has 0 spiro atoms. The highest BCUT2D eigenvalue weighted by Gasteiger charge is 2.15. The van der Waals surface area contributed by atoms with E-state index in [-0.39, 0.29) is 11.7 Å². The van der Waals surface area contributed by atoms with Crippen molar-refractivity contribution in [1.29, 1.82) is 0 Å². The largest absolute Gasteiger partial charge is 0.448 e. The third-order valence-corrected chi connectivity index (χ3v) is 6.11. The van der Waals surface area contributed by atoms with Gasteiger partial charge in [-0.2, -0.15) is 0 Å². The zero-order valence-electron chi connectivity index (χ0n) is 16.3. The number of nitrogens with zero attached hydrogens (tertiary/aromatic N) is 2. The molecule has 2 aromatic heterocycles. The van der Waals surface area contributed by atoms with Crippen LogP contribution in [0.25, 0.3) is 21.0 Å². The summed E-state index contributed by atoms with van der Waals surface area (Å²) >= 11 is 1.55. The number of para-hydroxylation sites is 1. The van der Waals surface area contributed by atoms with E-state index in [1.165, 1.54) is 5.56 Å². The number of aromatic nitrogens is 1. The van der Waals surface area contributed by atoms with E-state index in [0.29, 0.717) is 5.76 Å². The van der Waals surface area contributed by atoms with Crippen LogP contribution < -0.4 is 5.32 Å². The number of morpholine rings is 1. The fourth-order valence-electron chi connectivity index (χ4n) is 3.46. The Kier molecular flexibility index (Phi) is 5.31. The molecular formula is C23H21N3O3S. The lowest BCUT2D eigenvalue weighted by Gasteiger charge is -2.26. The maximum absolute atomic E-state index is 12.6. The highest BCUT2D eigenvalue weighted by atomic mass is 32.1. The first-order valence-corrected chi connectivity index (χ1v) is 10.7. The molecule has 1 aliphatic rings. The number of thiazole rings is 1. The molecule has 0 atom stereocenters. The number of carbonyl (C=O) groups is 1. The molecule has 1 amide bonds. The molecule has 0 saturated carbocycles. The van der Waals surface area contributed by atoms with Crippen molar-refractivity contribution in [3.05, 3.63) is 72.0 Å². The first-order chi connectivity index (χ1) is 14.7. The van der Waals surface area contributed by atoms with Crippen molar-refractivity contribution in [1.82, 2.24) is 9.88 Å². The number of hydrogen-bond acceptors (Lipinski definition) is 6. The highest BCUT2D eigenvalue weighted by molar-refractivity contribution is 7.21. The van der Waals surface area contributed by atoms with Crippen molar-refractivity contribution in [3.63, 3.8) is 0 Å². The molecule has 152 valence electrons. The summed E-state index contributed by atoms with van der Waals surface area (Å²) in [7, 11) is 0. The standard InChI is InChI=1S/C23H21N3O3S/c27-22(24-17-7-5-16(6-8-17)15-26-11-13-28-14-12-26)19-9-10-20(29-19)23-25-18-3-1-2-4-21(18)30-23/h1-10H,11-15H2,(H,24,27). The molecule has 0 radical (unpaired) electrons. The van der Waals surface area contributed by atoms with Crippen LogP contribution in [-0.2, 0) is 11.3 Å². The summed E-state index contributed by atoms with van der Waals surface area (Å²) < 4.78 is 12.3. The van der Waals surface area contributed by atoms with E-state index in [1.807, 2.05) is 48.5 Å². The number of fused-ring (bicyclic) bond motifs is 1. The number of rotatable bonds is 5. The summed E-state index contributed by atoms with van der Waals surface area (Å²) in [6, 6.07) is 19.3. The quantitative estimate of drug-likeness (QED) is 0.510. The van der Waals surface area contributed by atoms with Gasteiger partial charge in [0.1, 0.15) is 0 Å². The van der Waals surface area contributed by atoms with Gasteiger partial charge < -0.3 is 14.5 Å². The number of ether oxygens (including phenoxy) is 1. The summed E-state index contributed by atoms with van der Waals surface area (Å²) in [5.41, 5.74) is 2.88. The number of amides is 1. The normalized spacial score (nSPS) is 14.8. The van der Waals surface area contributed by atoms with Gasteiger partial charge in [-0.3, -0.25) is 9.69 Å². The van der Waals surface area contributed by atoms with Gasteiger partial charge in [-0.25, -0.2) is 4.98 Å². The first-order valence-electron chi connectivity index (χ1n) is 9.91. The predicted octanol–water partition coefficient (Wildman–Crippen LogP) is 4.64. The van der Waals surface area contributed by atoms with E-state index in [4.69, 9.17) is 9.15 Å². The molecule has 5 rings (SSSR count). The molecule has 0 aliphatic carbocycles. The second-order valence-electron chi connectivity index (χ2n) is 7.19. The van der Waals surface area contributed by atoms with Gasteiger partial charge in [0.25, 0.3) is 5.91 Å². The van der Waals surface area contributed by atoms with Crippen LogP contribution in [0.4, 0.5) is 5.69 Å². The van der Waals surface area contributed by atoms with Crippen LogP contribution >= 0.6 is 11.3 Å². The van der Waals surface area contributed by atoms with Crippen LogP contribution in [-0.4, -0.2) is 42.1 Å². The molecule has 0 unspecified atom stereocenters. The molecule has 2 aromatic carbocycles. The Morgan fingerprint density at radius 3 is 2.63 bits per heavy atom. The van der Waals surface area contributed by atoms with Gasteiger partial charge >= 0.3 is 0 Å². The maximum atomic E-state index is 12.6. The predicted molar refractivity (Wildman–Crippen MR) is 118 cm³/mol. The van der Waals surface area contributed by atoms with Crippen molar-refractivity contribution in [2.24, 2.45) is 0 Å². The van der Waals surface area contributed by atoms with Crippen molar-refractivity contribution >= 4 is 33.1 Å². The third kappa shape index (κ3) is 4.14. The monoisotopic (exact) mass is 419 g/mol. The third-order valence-electron chi connectivity index (χ3n) is 5.06. The van der Waals surface area contributed by atoms with Crippen molar-refractivity contribution in [2.75, 3.05) is 31.6 Å². The Bertz CT molecular complexity index is 1130. The van der Waals surface area contributed by atoms with E-state index in [1.54, 1.807) is 23.5 Å². The van der Waals surface area contributed by atoms with Gasteiger partial charge in [-0.05, 0) is 42.0 Å². The Morgan fingerprint density at radius 2 is 1.83 bits per heavy atom. The fraction of sp³-hybridized carbons (Fsp3) is 0.217. The van der Waals surface area contributed by atoms with Gasteiger partial charge in [0.15, 0.2) is 16.5 Å². The molecule has 1 N–H and O–H groups in total. The number of furan rings is 1. The molecular weight excluding hydrogens is 398 g/mol. The lowest BCUT2D eigenvalue weighted by Crippen LogP contribution is -2.35. The van der Waals surface area contributed by atoms with Gasteiger partial charge in [0.2, 0.25) is 0 Å². The van der Waals surface area contributed by atoms with Gasteiger partial charge in [0.05, 0.1) is 23.4 Å². The Morgan fingerprint density at radius 1 is 1.03 bits per heavy atom. The topological polar surface area (TPSA) is 67.6 Å². The van der Waals surface area contributed by atoms with Crippen LogP contribution in [0, 0.1) is 0 Å². The fourth-order valence-corrected chi connectivity index (χ4v) is 4.38. The number of carbonyl (C=O) groups excluding carboxylic acids is 1. The Labute approximate surface area is 178 Å². The van der Waals surface area contributed by atoms with E-state index in [0.717, 1.165) is 53.8 Å². The number of hydrogen-bond donors (Lipinski definition) is 1. The minimum atomic E-state index is -0.275. The smallest absolute Gasteiger partial charge is 0.291 e. The lowest BCUT2D eigenvalue weighted by atomic mass is 10.2. The van der Waals surface area contributed by atoms with Gasteiger partial charge in [-0.1, -0.05) is 24.3 Å². The van der Waals surface area contributed by atoms with E-state index >= 15 is 0 Å².